The molecule has 0 N–H and O–H groups in total. The van der Waals surface area contributed by atoms with E-state index < -0.39 is 12.1 Å². The van der Waals surface area contributed by atoms with E-state index in [4.69, 9.17) is 9.47 Å². The average molecular weight is 495 g/mol. The molecule has 4 nitrogen and oxygen atoms in total. The van der Waals surface area contributed by atoms with Crippen LogP contribution >= 0.6 is 0 Å². The first-order chi connectivity index (χ1) is 17.2. The molecule has 0 rings (SSSR count). The normalized spacial score (nSPS) is 11.3. The van der Waals surface area contributed by atoms with E-state index in [1.807, 2.05) is 0 Å². The third-order valence-corrected chi connectivity index (χ3v) is 6.56. The van der Waals surface area contributed by atoms with E-state index in [1.54, 1.807) is 0 Å². The van der Waals surface area contributed by atoms with Gasteiger partial charge >= 0.3 is 12.1 Å². The largest absolute Gasteiger partial charge is 0.516 e. The standard InChI is InChI=1S/C31H58O4/c1-3-5-7-9-11-12-13-14-15-16-17-18-19-20-21-22-23-24-26-28-30(32)35-31(33)34-29-27-25-10-8-6-4-2/h14-15H,3-13,16-29H2,1-2H3. The smallest absolute Gasteiger partial charge is 0.434 e. The fraction of sp³-hybridized carbons (Fsp3) is 0.871. The molecule has 206 valence electrons. The Morgan fingerprint density at radius 2 is 0.914 bits per heavy atom. The molecule has 0 aromatic carbocycles. The van der Waals surface area contributed by atoms with Gasteiger partial charge in [0.2, 0.25) is 0 Å². The number of allylic oxidation sites excluding steroid dienone is 2. The van der Waals surface area contributed by atoms with Crippen LogP contribution < -0.4 is 0 Å². The van der Waals surface area contributed by atoms with Crippen LogP contribution in [0, 0.1) is 0 Å². The summed E-state index contributed by atoms with van der Waals surface area (Å²) in [6, 6.07) is 0. The maximum absolute atomic E-state index is 11.7. The predicted octanol–water partition coefficient (Wildman–Crippen LogP) is 10.6. The molecule has 0 bridgehead atoms. The van der Waals surface area contributed by atoms with Crippen molar-refractivity contribution >= 4 is 12.1 Å². The van der Waals surface area contributed by atoms with Crippen LogP contribution in [0.15, 0.2) is 12.2 Å². The van der Waals surface area contributed by atoms with Crippen molar-refractivity contribution in [1.29, 1.82) is 0 Å². The first-order valence-electron chi connectivity index (χ1n) is 15.2. The van der Waals surface area contributed by atoms with E-state index in [1.165, 1.54) is 116 Å². The minimum atomic E-state index is -0.836. The second-order valence-corrected chi connectivity index (χ2v) is 10.1. The molecular formula is C31H58O4. The number of hydrogen-bond donors (Lipinski definition) is 0. The Hall–Kier alpha value is -1.32. The van der Waals surface area contributed by atoms with Gasteiger partial charge < -0.3 is 9.47 Å². The summed E-state index contributed by atoms with van der Waals surface area (Å²) in [5.74, 6) is -0.459. The van der Waals surface area contributed by atoms with Crippen LogP contribution in [0.5, 0.6) is 0 Å². The van der Waals surface area contributed by atoms with Crippen LogP contribution in [-0.4, -0.2) is 18.7 Å². The fourth-order valence-corrected chi connectivity index (χ4v) is 4.26. The van der Waals surface area contributed by atoms with E-state index in [0.29, 0.717) is 13.0 Å². The highest BCUT2D eigenvalue weighted by Gasteiger charge is 2.11. The molecule has 0 saturated heterocycles. The Balaban J connectivity index is 3.29. The first-order valence-corrected chi connectivity index (χ1v) is 15.2. The molecule has 0 aliphatic rings. The molecule has 0 fully saturated rings. The number of carbonyl (C=O) groups is 2. The molecule has 35 heavy (non-hydrogen) atoms. The molecule has 0 radical (unpaired) electrons. The zero-order chi connectivity index (χ0) is 25.7. The van der Waals surface area contributed by atoms with Crippen molar-refractivity contribution in [3.63, 3.8) is 0 Å². The van der Waals surface area contributed by atoms with E-state index in [9.17, 15) is 9.59 Å². The quantitative estimate of drug-likeness (QED) is 0.0519. The van der Waals surface area contributed by atoms with Gasteiger partial charge in [-0.25, -0.2) is 4.79 Å². The van der Waals surface area contributed by atoms with Crippen LogP contribution in [0.2, 0.25) is 0 Å². The number of carbonyl (C=O) groups excluding carboxylic acids is 2. The number of esters is 1. The van der Waals surface area contributed by atoms with Crippen LogP contribution in [0.25, 0.3) is 0 Å². The van der Waals surface area contributed by atoms with Crippen molar-refractivity contribution in [2.75, 3.05) is 6.61 Å². The Kier molecular flexibility index (Phi) is 27.8. The maximum atomic E-state index is 11.7. The summed E-state index contributed by atoms with van der Waals surface area (Å²) in [6.07, 6.45) is 32.5. The highest BCUT2D eigenvalue weighted by molar-refractivity contribution is 5.81. The van der Waals surface area contributed by atoms with Crippen molar-refractivity contribution in [3.8, 4) is 0 Å². The Morgan fingerprint density at radius 1 is 0.514 bits per heavy atom. The van der Waals surface area contributed by atoms with Crippen molar-refractivity contribution < 1.29 is 19.1 Å². The summed E-state index contributed by atoms with van der Waals surface area (Å²) < 4.78 is 9.70. The molecule has 0 aromatic heterocycles. The number of hydrogen-bond acceptors (Lipinski definition) is 4. The summed E-state index contributed by atoms with van der Waals surface area (Å²) in [7, 11) is 0. The van der Waals surface area contributed by atoms with E-state index >= 15 is 0 Å². The third kappa shape index (κ3) is 28.8. The monoisotopic (exact) mass is 494 g/mol. The van der Waals surface area contributed by atoms with Crippen molar-refractivity contribution in [3.05, 3.63) is 12.2 Å². The Bertz CT molecular complexity index is 486. The highest BCUT2D eigenvalue weighted by atomic mass is 16.7. The van der Waals surface area contributed by atoms with Gasteiger partial charge in [0, 0.05) is 6.42 Å². The molecule has 4 heteroatoms. The zero-order valence-electron chi connectivity index (χ0n) is 23.5. The van der Waals surface area contributed by atoms with Crippen LogP contribution in [0.3, 0.4) is 0 Å². The zero-order valence-corrected chi connectivity index (χ0v) is 23.5. The van der Waals surface area contributed by atoms with E-state index in [-0.39, 0.29) is 0 Å². The molecule has 0 amide bonds. The average Bonchev–Trinajstić information content (AvgIpc) is 2.85. The predicted molar refractivity (Wildman–Crippen MR) is 149 cm³/mol. The minimum Gasteiger partial charge on any atom is -0.434 e. The molecule has 0 saturated carbocycles. The number of ether oxygens (including phenoxy) is 2. The van der Waals surface area contributed by atoms with E-state index in [2.05, 4.69) is 26.0 Å². The summed E-state index contributed by atoms with van der Waals surface area (Å²) in [5, 5.41) is 0. The lowest BCUT2D eigenvalue weighted by Gasteiger charge is -2.05. The van der Waals surface area contributed by atoms with Crippen LogP contribution in [0.4, 0.5) is 4.79 Å². The lowest BCUT2D eigenvalue weighted by Crippen LogP contribution is -2.14. The van der Waals surface area contributed by atoms with Gasteiger partial charge in [-0.3, -0.25) is 4.79 Å². The van der Waals surface area contributed by atoms with Gasteiger partial charge in [-0.15, -0.1) is 0 Å². The van der Waals surface area contributed by atoms with Crippen LogP contribution in [0.1, 0.15) is 168 Å². The number of unbranched alkanes of at least 4 members (excludes halogenated alkanes) is 20. The first kappa shape index (κ1) is 33.7. The van der Waals surface area contributed by atoms with Crippen molar-refractivity contribution in [2.45, 2.75) is 168 Å². The molecule has 0 aliphatic heterocycles. The molecule has 0 heterocycles. The van der Waals surface area contributed by atoms with Gasteiger partial charge in [0.15, 0.2) is 0 Å². The molecule has 0 spiro atoms. The molecule has 0 aromatic rings. The lowest BCUT2D eigenvalue weighted by atomic mass is 10.1. The van der Waals surface area contributed by atoms with Crippen molar-refractivity contribution in [2.24, 2.45) is 0 Å². The SMILES string of the molecule is CCCCCCCCC=CCCCCCCCCCCCC(=O)OC(=O)OCCCCCCCC. The lowest BCUT2D eigenvalue weighted by molar-refractivity contribution is -0.139. The van der Waals surface area contributed by atoms with Gasteiger partial charge in [0.05, 0.1) is 6.61 Å². The highest BCUT2D eigenvalue weighted by Crippen LogP contribution is 2.13. The summed E-state index contributed by atoms with van der Waals surface area (Å²) >= 11 is 0. The topological polar surface area (TPSA) is 52.6 Å². The molecular weight excluding hydrogens is 436 g/mol. The van der Waals surface area contributed by atoms with Crippen LogP contribution in [-0.2, 0) is 14.3 Å². The van der Waals surface area contributed by atoms with Gasteiger partial charge in [0.25, 0.3) is 0 Å². The Morgan fingerprint density at radius 3 is 1.40 bits per heavy atom. The fourth-order valence-electron chi connectivity index (χ4n) is 4.26. The van der Waals surface area contributed by atoms with Gasteiger partial charge in [0.1, 0.15) is 0 Å². The second kappa shape index (κ2) is 28.9. The minimum absolute atomic E-state index is 0.304. The van der Waals surface area contributed by atoms with Gasteiger partial charge in [-0.2, -0.15) is 0 Å². The Labute approximate surface area is 218 Å². The second-order valence-electron chi connectivity index (χ2n) is 10.1. The van der Waals surface area contributed by atoms with Gasteiger partial charge in [-0.05, 0) is 38.5 Å². The number of rotatable bonds is 26. The van der Waals surface area contributed by atoms with Gasteiger partial charge in [-0.1, -0.05) is 135 Å². The third-order valence-electron chi connectivity index (χ3n) is 6.56. The maximum Gasteiger partial charge on any atom is 0.516 e. The van der Waals surface area contributed by atoms with E-state index in [0.717, 1.165) is 32.1 Å². The summed E-state index contributed by atoms with van der Waals surface area (Å²) in [6.45, 7) is 4.80. The summed E-state index contributed by atoms with van der Waals surface area (Å²) in [5.41, 5.74) is 0. The van der Waals surface area contributed by atoms with Crippen molar-refractivity contribution in [1.82, 2.24) is 0 Å². The summed E-state index contributed by atoms with van der Waals surface area (Å²) in [4.78, 5) is 23.2. The molecule has 0 atom stereocenters. The molecule has 0 unspecified atom stereocenters. The molecule has 0 aliphatic carbocycles.